The van der Waals surface area contributed by atoms with Crippen LogP contribution in [0.5, 0.6) is 0 Å². The topological polar surface area (TPSA) is 75.9 Å². The second kappa shape index (κ2) is 6.29. The molecule has 8 heteroatoms. The lowest BCUT2D eigenvalue weighted by molar-refractivity contribution is 0.533. The summed E-state index contributed by atoms with van der Waals surface area (Å²) in [5.74, 6) is 3.86. The Morgan fingerprint density at radius 2 is 1.52 bits per heavy atom. The van der Waals surface area contributed by atoms with Gasteiger partial charge in [-0.2, -0.15) is 5.10 Å². The van der Waals surface area contributed by atoms with Crippen molar-refractivity contribution in [2.24, 2.45) is 11.8 Å². The summed E-state index contributed by atoms with van der Waals surface area (Å²) in [5.41, 5.74) is 2.06. The Labute approximate surface area is 157 Å². The second-order valence-electron chi connectivity index (χ2n) is 7.47. The third-order valence-corrected chi connectivity index (χ3v) is 5.44. The quantitative estimate of drug-likeness (QED) is 0.701. The minimum absolute atomic E-state index is 0.609. The molecule has 2 unspecified atom stereocenters. The molecule has 0 spiro atoms. The van der Waals surface area contributed by atoms with Crippen LogP contribution in [0.15, 0.2) is 36.9 Å². The highest BCUT2D eigenvalue weighted by atomic mass is 15.3. The van der Waals surface area contributed by atoms with Crippen LogP contribution < -0.4 is 9.80 Å². The van der Waals surface area contributed by atoms with Gasteiger partial charge in [-0.3, -0.25) is 0 Å². The van der Waals surface area contributed by atoms with Crippen LogP contribution in [-0.2, 0) is 0 Å². The molecule has 0 amide bonds. The van der Waals surface area contributed by atoms with E-state index < -0.39 is 0 Å². The first kappa shape index (κ1) is 16.2. The summed E-state index contributed by atoms with van der Waals surface area (Å²) < 4.78 is 1.77. The Kier molecular flexibility index (Phi) is 3.77. The summed E-state index contributed by atoms with van der Waals surface area (Å²) >= 11 is 0. The number of hydrogen-bond donors (Lipinski definition) is 0. The molecule has 0 bridgehead atoms. The van der Waals surface area contributed by atoms with Gasteiger partial charge in [0.05, 0.1) is 0 Å². The van der Waals surface area contributed by atoms with Gasteiger partial charge in [0.15, 0.2) is 5.82 Å². The van der Waals surface area contributed by atoms with Crippen LogP contribution in [0.2, 0.25) is 0 Å². The van der Waals surface area contributed by atoms with Gasteiger partial charge in [0.2, 0.25) is 5.95 Å². The van der Waals surface area contributed by atoms with Crippen molar-refractivity contribution in [3.05, 3.63) is 48.3 Å². The summed E-state index contributed by atoms with van der Waals surface area (Å²) in [6, 6.07) is 5.93. The fourth-order valence-corrected chi connectivity index (χ4v) is 4.23. The van der Waals surface area contributed by atoms with Crippen molar-refractivity contribution >= 4 is 11.8 Å². The first-order valence-corrected chi connectivity index (χ1v) is 9.30. The first-order valence-electron chi connectivity index (χ1n) is 9.30. The Morgan fingerprint density at radius 3 is 2.19 bits per heavy atom. The number of rotatable bonds is 3. The Bertz CT molecular complexity index is 920. The third-order valence-electron chi connectivity index (χ3n) is 5.44. The molecule has 5 rings (SSSR count). The van der Waals surface area contributed by atoms with E-state index in [0.29, 0.717) is 11.8 Å². The molecule has 2 atom stereocenters. The zero-order chi connectivity index (χ0) is 18.4. The molecule has 27 heavy (non-hydrogen) atoms. The van der Waals surface area contributed by atoms with E-state index >= 15 is 0 Å². The Balaban J connectivity index is 1.31. The van der Waals surface area contributed by atoms with Gasteiger partial charge in [-0.15, -0.1) is 0 Å². The second-order valence-corrected chi connectivity index (χ2v) is 7.47. The number of nitrogens with zero attached hydrogens (tertiary/aromatic N) is 8. The summed E-state index contributed by atoms with van der Waals surface area (Å²) in [6.45, 7) is 8.07. The van der Waals surface area contributed by atoms with Gasteiger partial charge in [0.1, 0.15) is 12.1 Å². The predicted octanol–water partition coefficient (Wildman–Crippen LogP) is 1.64. The molecule has 138 valence electrons. The molecule has 0 radical (unpaired) electrons. The van der Waals surface area contributed by atoms with Crippen molar-refractivity contribution < 1.29 is 0 Å². The zero-order valence-corrected chi connectivity index (χ0v) is 15.5. The van der Waals surface area contributed by atoms with Gasteiger partial charge >= 0.3 is 0 Å². The van der Waals surface area contributed by atoms with Crippen molar-refractivity contribution in [2.45, 2.75) is 13.8 Å². The molecule has 2 aliphatic heterocycles. The molecule has 0 saturated carbocycles. The predicted molar refractivity (Wildman–Crippen MR) is 102 cm³/mol. The standard InChI is InChI=1S/C19H22N8/c1-13-6-14(2)24-19(23-13)26-10-15-8-25(9-16(15)11-26)17-7-18(21-12-20-17)27-5-3-4-22-27/h3-7,12,15-16H,8-11H2,1-2H3. The molecule has 5 heterocycles. The molecule has 0 aromatic carbocycles. The molecular formula is C19H22N8. The Hall–Kier alpha value is -3.03. The van der Waals surface area contributed by atoms with Gasteiger partial charge in [-0.25, -0.2) is 24.6 Å². The van der Waals surface area contributed by atoms with E-state index in [1.54, 1.807) is 17.2 Å². The van der Waals surface area contributed by atoms with Crippen molar-refractivity contribution in [2.75, 3.05) is 36.0 Å². The SMILES string of the molecule is Cc1cc(C)nc(N2CC3CN(c4cc(-n5cccn5)ncn4)CC3C2)n1. The molecule has 3 aromatic heterocycles. The molecule has 2 saturated heterocycles. The minimum Gasteiger partial charge on any atom is -0.356 e. The maximum Gasteiger partial charge on any atom is 0.225 e. The van der Waals surface area contributed by atoms with Gasteiger partial charge in [-0.05, 0) is 26.0 Å². The molecule has 2 aliphatic rings. The van der Waals surface area contributed by atoms with E-state index in [1.165, 1.54) is 0 Å². The third kappa shape index (κ3) is 3.01. The van der Waals surface area contributed by atoms with Crippen molar-refractivity contribution in [1.82, 2.24) is 29.7 Å². The molecule has 3 aromatic rings. The number of hydrogen-bond acceptors (Lipinski definition) is 7. The maximum absolute atomic E-state index is 4.63. The van der Waals surface area contributed by atoms with E-state index in [9.17, 15) is 0 Å². The van der Waals surface area contributed by atoms with Gasteiger partial charge in [0.25, 0.3) is 0 Å². The first-order chi connectivity index (χ1) is 13.2. The normalized spacial score (nSPS) is 21.7. The number of aromatic nitrogens is 6. The van der Waals surface area contributed by atoms with E-state index in [0.717, 1.165) is 55.2 Å². The molecular weight excluding hydrogens is 340 g/mol. The fraction of sp³-hybridized carbons (Fsp3) is 0.421. The highest BCUT2D eigenvalue weighted by molar-refractivity contribution is 5.46. The van der Waals surface area contributed by atoms with E-state index in [4.69, 9.17) is 0 Å². The highest BCUT2D eigenvalue weighted by Crippen LogP contribution is 2.34. The zero-order valence-electron chi connectivity index (χ0n) is 15.5. The van der Waals surface area contributed by atoms with Gasteiger partial charge in [0, 0.05) is 67.9 Å². The van der Waals surface area contributed by atoms with Crippen LogP contribution in [-0.4, -0.2) is 55.9 Å². The van der Waals surface area contributed by atoms with Crippen molar-refractivity contribution in [3.63, 3.8) is 0 Å². The van der Waals surface area contributed by atoms with Gasteiger partial charge in [-0.1, -0.05) is 0 Å². The van der Waals surface area contributed by atoms with Crippen LogP contribution in [0.25, 0.3) is 5.82 Å². The number of aryl methyl sites for hydroxylation is 2. The van der Waals surface area contributed by atoms with Crippen molar-refractivity contribution in [3.8, 4) is 5.82 Å². The van der Waals surface area contributed by atoms with Crippen molar-refractivity contribution in [1.29, 1.82) is 0 Å². The smallest absolute Gasteiger partial charge is 0.225 e. The highest BCUT2D eigenvalue weighted by Gasteiger charge is 2.41. The monoisotopic (exact) mass is 362 g/mol. The van der Waals surface area contributed by atoms with E-state index in [-0.39, 0.29) is 0 Å². The minimum atomic E-state index is 0.609. The summed E-state index contributed by atoms with van der Waals surface area (Å²) in [6.07, 6.45) is 5.27. The molecule has 0 aliphatic carbocycles. The molecule has 0 N–H and O–H groups in total. The van der Waals surface area contributed by atoms with Crippen LogP contribution in [0.3, 0.4) is 0 Å². The average Bonchev–Trinajstić information content (AvgIpc) is 3.37. The maximum atomic E-state index is 4.63. The van der Waals surface area contributed by atoms with Gasteiger partial charge < -0.3 is 9.80 Å². The lowest BCUT2D eigenvalue weighted by atomic mass is 10.0. The Morgan fingerprint density at radius 1 is 0.852 bits per heavy atom. The van der Waals surface area contributed by atoms with Crippen LogP contribution >= 0.6 is 0 Å². The van der Waals surface area contributed by atoms with E-state index in [1.807, 2.05) is 38.2 Å². The fourth-order valence-electron chi connectivity index (χ4n) is 4.23. The summed E-state index contributed by atoms with van der Waals surface area (Å²) in [5, 5.41) is 4.26. The lowest BCUT2D eigenvalue weighted by Crippen LogP contribution is -2.30. The largest absolute Gasteiger partial charge is 0.356 e. The number of anilines is 2. The summed E-state index contributed by atoms with van der Waals surface area (Å²) in [4.78, 5) is 22.8. The van der Waals surface area contributed by atoms with E-state index in [2.05, 4.69) is 34.8 Å². The summed E-state index contributed by atoms with van der Waals surface area (Å²) in [7, 11) is 0. The lowest BCUT2D eigenvalue weighted by Gasteiger charge is -2.23. The average molecular weight is 362 g/mol. The molecule has 8 nitrogen and oxygen atoms in total. The molecule has 2 fully saturated rings. The van der Waals surface area contributed by atoms with Crippen LogP contribution in [0.4, 0.5) is 11.8 Å². The van der Waals surface area contributed by atoms with Crippen LogP contribution in [0.1, 0.15) is 11.4 Å². The number of fused-ring (bicyclic) bond motifs is 1. The van der Waals surface area contributed by atoms with Crippen LogP contribution in [0, 0.1) is 25.7 Å².